The molecule has 1 aromatic carbocycles. The second kappa shape index (κ2) is 3.78. The van der Waals surface area contributed by atoms with E-state index in [0.29, 0.717) is 11.0 Å². The zero-order valence-electron chi connectivity index (χ0n) is 10.1. The van der Waals surface area contributed by atoms with Crippen LogP contribution in [0, 0.1) is 13.8 Å². The van der Waals surface area contributed by atoms with Crippen LogP contribution in [0.2, 0.25) is 0 Å². The standard InChI is InChI=1S/C14H16O2/c1-8(2)14-10(4)13(15)11-7-9(3)5-6-12(11)16-14/h5-8H,1-4H3. The van der Waals surface area contributed by atoms with Gasteiger partial charge in [0.2, 0.25) is 0 Å². The van der Waals surface area contributed by atoms with Gasteiger partial charge >= 0.3 is 0 Å². The minimum Gasteiger partial charge on any atom is -0.460 e. The third kappa shape index (κ3) is 1.64. The number of aryl methyl sites for hydroxylation is 1. The van der Waals surface area contributed by atoms with Gasteiger partial charge in [-0.15, -0.1) is 0 Å². The monoisotopic (exact) mass is 216 g/mol. The minimum atomic E-state index is 0.0913. The molecule has 2 rings (SSSR count). The summed E-state index contributed by atoms with van der Waals surface area (Å²) in [4.78, 5) is 12.1. The van der Waals surface area contributed by atoms with E-state index in [1.54, 1.807) is 0 Å². The molecular formula is C14H16O2. The topological polar surface area (TPSA) is 30.2 Å². The molecule has 2 aromatic rings. The quantitative estimate of drug-likeness (QED) is 0.730. The maximum absolute atomic E-state index is 12.1. The van der Waals surface area contributed by atoms with E-state index in [2.05, 4.69) is 0 Å². The fraction of sp³-hybridized carbons (Fsp3) is 0.357. The Balaban J connectivity index is 2.88. The van der Waals surface area contributed by atoms with Crippen molar-refractivity contribution in [3.63, 3.8) is 0 Å². The van der Waals surface area contributed by atoms with E-state index in [9.17, 15) is 4.79 Å². The molecule has 0 N–H and O–H groups in total. The Kier molecular flexibility index (Phi) is 2.58. The fourth-order valence-corrected chi connectivity index (χ4v) is 1.97. The van der Waals surface area contributed by atoms with Crippen molar-refractivity contribution in [3.05, 3.63) is 45.3 Å². The SMILES string of the molecule is Cc1ccc2oc(C(C)C)c(C)c(=O)c2c1. The van der Waals surface area contributed by atoms with Crippen LogP contribution in [-0.4, -0.2) is 0 Å². The molecule has 1 aromatic heterocycles. The summed E-state index contributed by atoms with van der Waals surface area (Å²) >= 11 is 0. The molecule has 0 saturated carbocycles. The number of hydrogen-bond acceptors (Lipinski definition) is 2. The Morgan fingerprint density at radius 3 is 2.50 bits per heavy atom. The van der Waals surface area contributed by atoms with Crippen LogP contribution in [-0.2, 0) is 0 Å². The summed E-state index contributed by atoms with van der Waals surface area (Å²) in [5.41, 5.74) is 2.59. The summed E-state index contributed by atoms with van der Waals surface area (Å²) in [5.74, 6) is 1.03. The van der Waals surface area contributed by atoms with Crippen molar-refractivity contribution in [1.82, 2.24) is 0 Å². The van der Waals surface area contributed by atoms with Crippen LogP contribution in [0.25, 0.3) is 11.0 Å². The van der Waals surface area contributed by atoms with Crippen LogP contribution >= 0.6 is 0 Å². The number of benzene rings is 1. The van der Waals surface area contributed by atoms with Crippen LogP contribution in [0.5, 0.6) is 0 Å². The van der Waals surface area contributed by atoms with Gasteiger partial charge in [-0.1, -0.05) is 25.5 Å². The number of rotatable bonds is 1. The Hall–Kier alpha value is -1.57. The zero-order chi connectivity index (χ0) is 11.9. The van der Waals surface area contributed by atoms with Crippen LogP contribution in [0.1, 0.15) is 36.7 Å². The summed E-state index contributed by atoms with van der Waals surface area (Å²) in [6.07, 6.45) is 0. The molecule has 16 heavy (non-hydrogen) atoms. The first-order valence-corrected chi connectivity index (χ1v) is 5.54. The first-order valence-electron chi connectivity index (χ1n) is 5.54. The van der Waals surface area contributed by atoms with Crippen molar-refractivity contribution in [1.29, 1.82) is 0 Å². The second-order valence-electron chi connectivity index (χ2n) is 4.57. The van der Waals surface area contributed by atoms with Crippen molar-refractivity contribution in [3.8, 4) is 0 Å². The van der Waals surface area contributed by atoms with Crippen molar-refractivity contribution >= 4 is 11.0 Å². The maximum atomic E-state index is 12.1. The lowest BCUT2D eigenvalue weighted by molar-refractivity contribution is 0.503. The van der Waals surface area contributed by atoms with E-state index < -0.39 is 0 Å². The third-order valence-corrected chi connectivity index (χ3v) is 2.83. The van der Waals surface area contributed by atoms with E-state index in [0.717, 1.165) is 16.9 Å². The van der Waals surface area contributed by atoms with E-state index in [-0.39, 0.29) is 11.3 Å². The molecule has 0 bridgehead atoms. The van der Waals surface area contributed by atoms with Crippen LogP contribution in [0.4, 0.5) is 0 Å². The fourth-order valence-electron chi connectivity index (χ4n) is 1.97. The molecule has 2 nitrogen and oxygen atoms in total. The number of hydrogen-bond donors (Lipinski definition) is 0. The molecule has 0 atom stereocenters. The molecule has 0 aliphatic rings. The van der Waals surface area contributed by atoms with Gasteiger partial charge in [-0.2, -0.15) is 0 Å². The molecular weight excluding hydrogens is 200 g/mol. The highest BCUT2D eigenvalue weighted by molar-refractivity contribution is 5.78. The lowest BCUT2D eigenvalue weighted by atomic mass is 10.0. The average Bonchev–Trinajstić information content (AvgIpc) is 2.23. The molecule has 0 radical (unpaired) electrons. The van der Waals surface area contributed by atoms with Gasteiger partial charge in [0.15, 0.2) is 5.43 Å². The van der Waals surface area contributed by atoms with Gasteiger partial charge in [0.25, 0.3) is 0 Å². The highest BCUT2D eigenvalue weighted by Crippen LogP contribution is 2.22. The predicted octanol–water partition coefficient (Wildman–Crippen LogP) is 3.53. The molecule has 2 heteroatoms. The average molecular weight is 216 g/mol. The van der Waals surface area contributed by atoms with Crippen molar-refractivity contribution < 1.29 is 4.42 Å². The predicted molar refractivity (Wildman–Crippen MR) is 66.0 cm³/mol. The summed E-state index contributed by atoms with van der Waals surface area (Å²) in [7, 11) is 0. The van der Waals surface area contributed by atoms with Gasteiger partial charge in [-0.25, -0.2) is 0 Å². The smallest absolute Gasteiger partial charge is 0.195 e. The molecule has 0 unspecified atom stereocenters. The Morgan fingerprint density at radius 2 is 1.88 bits per heavy atom. The van der Waals surface area contributed by atoms with Gasteiger partial charge in [0, 0.05) is 11.5 Å². The molecule has 0 aliphatic heterocycles. The zero-order valence-corrected chi connectivity index (χ0v) is 10.1. The summed E-state index contributed by atoms with van der Waals surface area (Å²) in [6.45, 7) is 7.88. The normalized spacial score (nSPS) is 11.3. The summed E-state index contributed by atoms with van der Waals surface area (Å²) in [5, 5.41) is 0.682. The molecule has 0 aliphatic carbocycles. The van der Waals surface area contributed by atoms with Crippen molar-refractivity contribution in [2.24, 2.45) is 0 Å². The Labute approximate surface area is 94.9 Å². The van der Waals surface area contributed by atoms with E-state index in [1.165, 1.54) is 0 Å². The lowest BCUT2D eigenvalue weighted by Crippen LogP contribution is -2.10. The first-order chi connectivity index (χ1) is 7.50. The summed E-state index contributed by atoms with van der Waals surface area (Å²) < 4.78 is 5.79. The summed E-state index contributed by atoms with van der Waals surface area (Å²) in [6, 6.07) is 5.72. The Morgan fingerprint density at radius 1 is 1.19 bits per heavy atom. The van der Waals surface area contributed by atoms with Crippen LogP contribution < -0.4 is 5.43 Å². The lowest BCUT2D eigenvalue weighted by Gasteiger charge is -2.09. The number of fused-ring (bicyclic) bond motifs is 1. The van der Waals surface area contributed by atoms with Crippen LogP contribution in [0.15, 0.2) is 27.4 Å². The molecule has 0 fully saturated rings. The molecule has 0 spiro atoms. The molecule has 0 saturated heterocycles. The van der Waals surface area contributed by atoms with Crippen molar-refractivity contribution in [2.45, 2.75) is 33.6 Å². The highest BCUT2D eigenvalue weighted by Gasteiger charge is 2.13. The van der Waals surface area contributed by atoms with Crippen molar-refractivity contribution in [2.75, 3.05) is 0 Å². The second-order valence-corrected chi connectivity index (χ2v) is 4.57. The van der Waals surface area contributed by atoms with Gasteiger partial charge in [0.05, 0.1) is 5.39 Å². The van der Waals surface area contributed by atoms with Gasteiger partial charge in [0.1, 0.15) is 11.3 Å². The van der Waals surface area contributed by atoms with Gasteiger partial charge in [-0.05, 0) is 26.0 Å². The minimum absolute atomic E-state index is 0.0913. The van der Waals surface area contributed by atoms with Gasteiger partial charge < -0.3 is 4.42 Å². The highest BCUT2D eigenvalue weighted by atomic mass is 16.3. The maximum Gasteiger partial charge on any atom is 0.195 e. The molecule has 84 valence electrons. The molecule has 0 amide bonds. The van der Waals surface area contributed by atoms with E-state index in [4.69, 9.17) is 4.42 Å². The third-order valence-electron chi connectivity index (χ3n) is 2.83. The molecule has 1 heterocycles. The Bertz CT molecular complexity index is 591. The van der Waals surface area contributed by atoms with Gasteiger partial charge in [-0.3, -0.25) is 4.79 Å². The largest absolute Gasteiger partial charge is 0.460 e. The first kappa shape index (κ1) is 10.9. The van der Waals surface area contributed by atoms with E-state index >= 15 is 0 Å². The van der Waals surface area contributed by atoms with Crippen LogP contribution in [0.3, 0.4) is 0 Å². The van der Waals surface area contributed by atoms with E-state index in [1.807, 2.05) is 45.9 Å².